The molecule has 22 heavy (non-hydrogen) atoms. The summed E-state index contributed by atoms with van der Waals surface area (Å²) >= 11 is 0. The molecule has 0 bridgehead atoms. The van der Waals surface area contributed by atoms with E-state index in [2.05, 4.69) is 0 Å². The van der Waals surface area contributed by atoms with Crippen LogP contribution < -0.4 is 0 Å². The number of carboxylic acids is 2. The third-order valence-electron chi connectivity index (χ3n) is 4.43. The van der Waals surface area contributed by atoms with Crippen molar-refractivity contribution >= 4 is 17.7 Å². The number of hydrogen-bond acceptors (Lipinski definition) is 3. The molecule has 0 aromatic heterocycles. The summed E-state index contributed by atoms with van der Waals surface area (Å²) in [7, 11) is 0. The molecule has 0 spiro atoms. The van der Waals surface area contributed by atoms with E-state index in [4.69, 9.17) is 10.2 Å². The smallest absolute Gasteiger partial charge is 0.336 e. The highest BCUT2D eigenvalue weighted by molar-refractivity contribution is 6.05. The summed E-state index contributed by atoms with van der Waals surface area (Å²) in [5.41, 5.74) is 0.302. The van der Waals surface area contributed by atoms with Crippen LogP contribution in [0, 0.1) is 11.8 Å². The topological polar surface area (TPSA) is 91.7 Å². The van der Waals surface area contributed by atoms with Gasteiger partial charge in [-0.05, 0) is 44.1 Å². The molecule has 0 atom stereocenters. The van der Waals surface area contributed by atoms with Gasteiger partial charge < -0.3 is 10.2 Å². The average molecular weight is 304 g/mol. The van der Waals surface area contributed by atoms with Crippen molar-refractivity contribution in [1.29, 1.82) is 0 Å². The first-order valence-corrected chi connectivity index (χ1v) is 7.57. The zero-order valence-corrected chi connectivity index (χ0v) is 12.3. The van der Waals surface area contributed by atoms with E-state index < -0.39 is 11.9 Å². The fourth-order valence-corrected chi connectivity index (χ4v) is 3.08. The van der Waals surface area contributed by atoms with E-state index in [9.17, 15) is 14.4 Å². The molecule has 0 amide bonds. The van der Waals surface area contributed by atoms with Crippen LogP contribution in [0.3, 0.4) is 0 Å². The summed E-state index contributed by atoms with van der Waals surface area (Å²) in [5.74, 6) is -1.87. The van der Waals surface area contributed by atoms with Crippen LogP contribution in [-0.2, 0) is 4.79 Å². The van der Waals surface area contributed by atoms with E-state index in [1.807, 2.05) is 0 Å². The Hall–Kier alpha value is -2.17. The maximum Gasteiger partial charge on any atom is 0.336 e. The molecule has 1 aliphatic rings. The molecule has 2 N–H and O–H groups in total. The Morgan fingerprint density at radius 3 is 2.09 bits per heavy atom. The third kappa shape index (κ3) is 3.93. The van der Waals surface area contributed by atoms with Crippen LogP contribution in [0.4, 0.5) is 0 Å². The Labute approximate surface area is 129 Å². The number of hydrogen-bond donors (Lipinski definition) is 2. The van der Waals surface area contributed by atoms with Crippen LogP contribution in [0.25, 0.3) is 0 Å². The van der Waals surface area contributed by atoms with Gasteiger partial charge in [-0.15, -0.1) is 0 Å². The number of carboxylic acid groups (broad SMARTS) is 2. The van der Waals surface area contributed by atoms with Gasteiger partial charge in [0.1, 0.15) is 0 Å². The molecule has 1 aliphatic carbocycles. The lowest BCUT2D eigenvalue weighted by Crippen LogP contribution is -2.21. The largest absolute Gasteiger partial charge is 0.481 e. The first-order chi connectivity index (χ1) is 10.5. The van der Waals surface area contributed by atoms with Crippen LogP contribution in [0.1, 0.15) is 59.2 Å². The van der Waals surface area contributed by atoms with Crippen molar-refractivity contribution < 1.29 is 24.6 Å². The summed E-state index contributed by atoms with van der Waals surface area (Å²) in [6, 6.07) is 6.26. The monoisotopic (exact) mass is 304 g/mol. The number of aromatic carboxylic acids is 1. The van der Waals surface area contributed by atoms with E-state index >= 15 is 0 Å². The summed E-state index contributed by atoms with van der Waals surface area (Å²) < 4.78 is 0. The van der Waals surface area contributed by atoms with Crippen molar-refractivity contribution in [2.45, 2.75) is 38.5 Å². The normalized spacial score (nSPS) is 21.3. The van der Waals surface area contributed by atoms with Gasteiger partial charge in [-0.25, -0.2) is 4.79 Å². The molecule has 1 aromatic carbocycles. The maximum absolute atomic E-state index is 12.2. The lowest BCUT2D eigenvalue weighted by molar-refractivity contribution is -0.143. The van der Waals surface area contributed by atoms with Gasteiger partial charge in [0, 0.05) is 12.0 Å². The van der Waals surface area contributed by atoms with Crippen molar-refractivity contribution in [3.05, 3.63) is 35.4 Å². The maximum atomic E-state index is 12.2. The highest BCUT2D eigenvalue weighted by Gasteiger charge is 2.26. The minimum atomic E-state index is -1.09. The Bertz CT molecular complexity index is 570. The van der Waals surface area contributed by atoms with Gasteiger partial charge in [0.05, 0.1) is 11.5 Å². The number of carbonyl (C=O) groups is 3. The molecular weight excluding hydrogens is 284 g/mol. The fourth-order valence-electron chi connectivity index (χ4n) is 3.08. The van der Waals surface area contributed by atoms with Crippen LogP contribution in [0.2, 0.25) is 0 Å². The van der Waals surface area contributed by atoms with Crippen LogP contribution >= 0.6 is 0 Å². The zero-order valence-electron chi connectivity index (χ0n) is 12.3. The van der Waals surface area contributed by atoms with Gasteiger partial charge in [0.15, 0.2) is 5.78 Å². The van der Waals surface area contributed by atoms with Crippen molar-refractivity contribution in [2.24, 2.45) is 11.8 Å². The molecule has 5 heteroatoms. The first kappa shape index (κ1) is 16.2. The molecule has 118 valence electrons. The molecule has 2 rings (SSSR count). The number of carbonyl (C=O) groups excluding carboxylic acids is 1. The number of ketones is 1. The van der Waals surface area contributed by atoms with Crippen LogP contribution in [-0.4, -0.2) is 27.9 Å². The van der Waals surface area contributed by atoms with Gasteiger partial charge in [-0.2, -0.15) is 0 Å². The summed E-state index contributed by atoms with van der Waals surface area (Å²) in [6.07, 6.45) is 3.99. The van der Waals surface area contributed by atoms with E-state index in [0.29, 0.717) is 31.6 Å². The number of rotatable bonds is 6. The van der Waals surface area contributed by atoms with Crippen molar-refractivity contribution in [3.63, 3.8) is 0 Å². The van der Waals surface area contributed by atoms with Crippen molar-refractivity contribution in [2.75, 3.05) is 0 Å². The van der Waals surface area contributed by atoms with Crippen LogP contribution in [0.15, 0.2) is 24.3 Å². The van der Waals surface area contributed by atoms with Crippen molar-refractivity contribution in [3.8, 4) is 0 Å². The molecule has 5 nitrogen and oxygen atoms in total. The Morgan fingerprint density at radius 1 is 0.955 bits per heavy atom. The minimum Gasteiger partial charge on any atom is -0.481 e. The SMILES string of the molecule is O=C(O)c1ccccc1C(=O)CCC1CCC(C(=O)O)CC1. The molecular formula is C17H20O5. The molecule has 0 heterocycles. The average Bonchev–Trinajstić information content (AvgIpc) is 2.53. The Morgan fingerprint density at radius 2 is 1.55 bits per heavy atom. The number of aliphatic carboxylic acids is 1. The second-order valence-electron chi connectivity index (χ2n) is 5.87. The number of Topliss-reactive ketones (excluding diaryl/α,β-unsaturated/α-hetero) is 1. The second-order valence-corrected chi connectivity index (χ2v) is 5.87. The quantitative estimate of drug-likeness (QED) is 0.787. The van der Waals surface area contributed by atoms with Gasteiger partial charge in [-0.3, -0.25) is 9.59 Å². The van der Waals surface area contributed by atoms with Gasteiger partial charge >= 0.3 is 11.9 Å². The lowest BCUT2D eigenvalue weighted by Gasteiger charge is -2.25. The Kier molecular flexibility index (Phi) is 5.31. The van der Waals surface area contributed by atoms with Crippen LogP contribution in [0.5, 0.6) is 0 Å². The molecule has 1 aromatic rings. The predicted molar refractivity (Wildman–Crippen MR) is 80.0 cm³/mol. The lowest BCUT2D eigenvalue weighted by atomic mass is 9.79. The summed E-state index contributed by atoms with van der Waals surface area (Å²) in [6.45, 7) is 0. The standard InChI is InChI=1S/C17H20O5/c18-15(13-3-1-2-4-14(13)17(21)22)10-7-11-5-8-12(9-6-11)16(19)20/h1-4,11-12H,5-10H2,(H,19,20)(H,21,22). The first-order valence-electron chi connectivity index (χ1n) is 7.57. The third-order valence-corrected chi connectivity index (χ3v) is 4.43. The minimum absolute atomic E-state index is 0.0436. The highest BCUT2D eigenvalue weighted by atomic mass is 16.4. The highest BCUT2D eigenvalue weighted by Crippen LogP contribution is 2.32. The predicted octanol–water partition coefficient (Wildman–Crippen LogP) is 3.24. The van der Waals surface area contributed by atoms with E-state index in [0.717, 1.165) is 12.8 Å². The molecule has 0 unspecified atom stereocenters. The molecule has 0 radical (unpaired) electrons. The molecule has 1 saturated carbocycles. The van der Waals surface area contributed by atoms with E-state index in [1.165, 1.54) is 6.07 Å². The van der Waals surface area contributed by atoms with Crippen molar-refractivity contribution in [1.82, 2.24) is 0 Å². The number of benzene rings is 1. The summed E-state index contributed by atoms with van der Waals surface area (Å²) in [4.78, 5) is 34.3. The summed E-state index contributed by atoms with van der Waals surface area (Å²) in [5, 5.41) is 18.1. The molecule has 1 fully saturated rings. The molecule has 0 saturated heterocycles. The molecule has 0 aliphatic heterocycles. The van der Waals surface area contributed by atoms with E-state index in [1.54, 1.807) is 18.2 Å². The van der Waals surface area contributed by atoms with Gasteiger partial charge in [0.25, 0.3) is 0 Å². The Balaban J connectivity index is 1.89. The second kappa shape index (κ2) is 7.20. The van der Waals surface area contributed by atoms with Gasteiger partial charge in [0.2, 0.25) is 0 Å². The fraction of sp³-hybridized carbons (Fsp3) is 0.471. The van der Waals surface area contributed by atoms with E-state index in [-0.39, 0.29) is 22.8 Å². The zero-order chi connectivity index (χ0) is 16.1. The van der Waals surface area contributed by atoms with Gasteiger partial charge in [-0.1, -0.05) is 18.2 Å².